The standard InChI is InChI=1S/C15H33NO4/c1-7-15(4,16(5)6)11-14(2,3)13(19)10-20-9-12(18)8-17/h12-13,17-19H,7-11H2,1-6H3. The Morgan fingerprint density at radius 3 is 2.05 bits per heavy atom. The lowest BCUT2D eigenvalue weighted by Crippen LogP contribution is -2.48. The topological polar surface area (TPSA) is 73.2 Å². The van der Waals surface area contributed by atoms with E-state index in [0.717, 1.165) is 12.8 Å². The molecular formula is C15H33NO4. The number of rotatable bonds is 10. The Morgan fingerprint density at radius 2 is 1.65 bits per heavy atom. The van der Waals surface area contributed by atoms with Gasteiger partial charge in [-0.1, -0.05) is 20.8 Å². The summed E-state index contributed by atoms with van der Waals surface area (Å²) in [5.41, 5.74) is -0.270. The predicted molar refractivity (Wildman–Crippen MR) is 80.7 cm³/mol. The molecule has 0 rings (SSSR count). The first-order valence-corrected chi connectivity index (χ1v) is 7.31. The number of nitrogens with zero attached hydrogens (tertiary/aromatic N) is 1. The highest BCUT2D eigenvalue weighted by molar-refractivity contribution is 4.91. The van der Waals surface area contributed by atoms with Crippen molar-refractivity contribution in [2.75, 3.05) is 33.9 Å². The lowest BCUT2D eigenvalue weighted by atomic mass is 9.74. The van der Waals surface area contributed by atoms with Crippen LogP contribution in [0.25, 0.3) is 0 Å². The summed E-state index contributed by atoms with van der Waals surface area (Å²) >= 11 is 0. The monoisotopic (exact) mass is 291 g/mol. The Labute approximate surface area is 123 Å². The van der Waals surface area contributed by atoms with Crippen molar-refractivity contribution in [2.24, 2.45) is 5.41 Å². The molecular weight excluding hydrogens is 258 g/mol. The molecule has 0 radical (unpaired) electrons. The van der Waals surface area contributed by atoms with Gasteiger partial charge >= 0.3 is 0 Å². The third-order valence-corrected chi connectivity index (χ3v) is 4.38. The van der Waals surface area contributed by atoms with Crippen LogP contribution in [0.4, 0.5) is 0 Å². The van der Waals surface area contributed by atoms with Crippen molar-refractivity contribution < 1.29 is 20.1 Å². The molecule has 0 aromatic carbocycles. The summed E-state index contributed by atoms with van der Waals surface area (Å²) in [6.45, 7) is 8.28. The maximum absolute atomic E-state index is 10.3. The molecule has 0 fully saturated rings. The van der Waals surface area contributed by atoms with E-state index in [1.54, 1.807) is 0 Å². The molecule has 122 valence electrons. The van der Waals surface area contributed by atoms with Gasteiger partial charge in [0, 0.05) is 5.54 Å². The molecule has 3 N–H and O–H groups in total. The average molecular weight is 291 g/mol. The van der Waals surface area contributed by atoms with Crippen LogP contribution in [0.3, 0.4) is 0 Å². The molecule has 0 amide bonds. The predicted octanol–water partition coefficient (Wildman–Crippen LogP) is 0.864. The molecule has 0 aromatic rings. The first kappa shape index (κ1) is 19.8. The minimum absolute atomic E-state index is 0.0229. The van der Waals surface area contributed by atoms with Crippen molar-refractivity contribution in [2.45, 2.75) is 58.3 Å². The van der Waals surface area contributed by atoms with Crippen LogP contribution in [0.15, 0.2) is 0 Å². The molecule has 5 nitrogen and oxygen atoms in total. The summed E-state index contributed by atoms with van der Waals surface area (Å²) in [5, 5.41) is 28.2. The maximum atomic E-state index is 10.3. The highest BCUT2D eigenvalue weighted by atomic mass is 16.5. The first-order chi connectivity index (χ1) is 9.09. The third kappa shape index (κ3) is 6.06. The number of hydrogen-bond donors (Lipinski definition) is 3. The molecule has 0 aromatic heterocycles. The van der Waals surface area contributed by atoms with Crippen molar-refractivity contribution >= 4 is 0 Å². The quantitative estimate of drug-likeness (QED) is 0.557. The van der Waals surface area contributed by atoms with Crippen LogP contribution >= 0.6 is 0 Å². The van der Waals surface area contributed by atoms with Gasteiger partial charge in [0.2, 0.25) is 0 Å². The second kappa shape index (κ2) is 8.29. The van der Waals surface area contributed by atoms with Crippen LogP contribution in [-0.4, -0.2) is 71.9 Å². The molecule has 0 aliphatic rings. The molecule has 0 aliphatic heterocycles. The third-order valence-electron chi connectivity index (χ3n) is 4.38. The van der Waals surface area contributed by atoms with Gasteiger partial charge in [0.25, 0.3) is 0 Å². The fourth-order valence-corrected chi connectivity index (χ4v) is 2.29. The molecule has 0 saturated carbocycles. The van der Waals surface area contributed by atoms with E-state index in [4.69, 9.17) is 9.84 Å². The Balaban J connectivity index is 4.47. The molecule has 20 heavy (non-hydrogen) atoms. The minimum Gasteiger partial charge on any atom is -0.394 e. The number of ether oxygens (including phenoxy) is 1. The SMILES string of the molecule is CCC(C)(CC(C)(C)C(O)COCC(O)CO)N(C)C. The van der Waals surface area contributed by atoms with Crippen molar-refractivity contribution in [3.05, 3.63) is 0 Å². The van der Waals surface area contributed by atoms with Crippen LogP contribution in [0.1, 0.15) is 40.5 Å². The molecule has 3 unspecified atom stereocenters. The van der Waals surface area contributed by atoms with Gasteiger partial charge in [-0.05, 0) is 39.3 Å². The summed E-state index contributed by atoms with van der Waals surface area (Å²) < 4.78 is 5.27. The zero-order valence-corrected chi connectivity index (χ0v) is 13.9. The van der Waals surface area contributed by atoms with Gasteiger partial charge in [-0.3, -0.25) is 0 Å². The van der Waals surface area contributed by atoms with Crippen molar-refractivity contribution in [1.29, 1.82) is 0 Å². The van der Waals surface area contributed by atoms with E-state index >= 15 is 0 Å². The molecule has 0 saturated heterocycles. The average Bonchev–Trinajstić information content (AvgIpc) is 2.37. The van der Waals surface area contributed by atoms with Crippen LogP contribution in [0.2, 0.25) is 0 Å². The molecule has 0 spiro atoms. The van der Waals surface area contributed by atoms with E-state index in [9.17, 15) is 10.2 Å². The summed E-state index contributed by atoms with van der Waals surface area (Å²) in [4.78, 5) is 2.19. The number of hydrogen-bond acceptors (Lipinski definition) is 5. The molecule has 0 bridgehead atoms. The van der Waals surface area contributed by atoms with Gasteiger partial charge < -0.3 is 25.0 Å². The maximum Gasteiger partial charge on any atom is 0.100 e. The van der Waals surface area contributed by atoms with E-state index in [-0.39, 0.29) is 30.8 Å². The fourth-order valence-electron chi connectivity index (χ4n) is 2.29. The summed E-state index contributed by atoms with van der Waals surface area (Å²) in [7, 11) is 4.11. The van der Waals surface area contributed by atoms with Crippen molar-refractivity contribution in [1.82, 2.24) is 4.90 Å². The Hall–Kier alpha value is -0.200. The Kier molecular flexibility index (Phi) is 8.21. The number of aliphatic hydroxyl groups excluding tert-OH is 3. The minimum atomic E-state index is -0.881. The number of aliphatic hydroxyl groups is 3. The van der Waals surface area contributed by atoms with E-state index in [1.165, 1.54) is 0 Å². The van der Waals surface area contributed by atoms with Gasteiger partial charge in [-0.25, -0.2) is 0 Å². The summed E-state index contributed by atoms with van der Waals surface area (Å²) in [6.07, 6.45) is 0.351. The van der Waals surface area contributed by atoms with Gasteiger partial charge in [0.05, 0.1) is 25.9 Å². The highest BCUT2D eigenvalue weighted by Gasteiger charge is 2.37. The summed E-state index contributed by atoms with van der Waals surface area (Å²) in [5.74, 6) is 0. The Bertz CT molecular complexity index is 271. The molecule has 0 aliphatic carbocycles. The van der Waals surface area contributed by atoms with E-state index < -0.39 is 12.2 Å². The van der Waals surface area contributed by atoms with Crippen LogP contribution in [0, 0.1) is 5.41 Å². The van der Waals surface area contributed by atoms with Crippen LogP contribution in [0.5, 0.6) is 0 Å². The van der Waals surface area contributed by atoms with Crippen molar-refractivity contribution in [3.8, 4) is 0 Å². The molecule has 3 atom stereocenters. The Morgan fingerprint density at radius 1 is 1.10 bits per heavy atom. The van der Waals surface area contributed by atoms with Gasteiger partial charge in [-0.15, -0.1) is 0 Å². The lowest BCUT2D eigenvalue weighted by molar-refractivity contribution is -0.0702. The second-order valence-electron chi connectivity index (χ2n) is 6.80. The van der Waals surface area contributed by atoms with Crippen molar-refractivity contribution in [3.63, 3.8) is 0 Å². The van der Waals surface area contributed by atoms with E-state index in [2.05, 4.69) is 32.8 Å². The first-order valence-electron chi connectivity index (χ1n) is 7.31. The zero-order chi connectivity index (χ0) is 16.0. The van der Waals surface area contributed by atoms with Crippen LogP contribution in [-0.2, 0) is 4.74 Å². The molecule has 0 heterocycles. The van der Waals surface area contributed by atoms with Gasteiger partial charge in [0.1, 0.15) is 6.10 Å². The van der Waals surface area contributed by atoms with Gasteiger partial charge in [-0.2, -0.15) is 0 Å². The summed E-state index contributed by atoms with van der Waals surface area (Å²) in [6, 6.07) is 0. The normalized spacial score (nSPS) is 18.9. The second-order valence-corrected chi connectivity index (χ2v) is 6.80. The van der Waals surface area contributed by atoms with Crippen LogP contribution < -0.4 is 0 Å². The van der Waals surface area contributed by atoms with E-state index in [1.807, 2.05) is 13.8 Å². The highest BCUT2D eigenvalue weighted by Crippen LogP contribution is 2.35. The molecule has 5 heteroatoms. The van der Waals surface area contributed by atoms with Gasteiger partial charge in [0.15, 0.2) is 0 Å². The zero-order valence-electron chi connectivity index (χ0n) is 13.9. The fraction of sp³-hybridized carbons (Fsp3) is 1.00. The van der Waals surface area contributed by atoms with E-state index in [0.29, 0.717) is 0 Å². The smallest absolute Gasteiger partial charge is 0.100 e. The lowest BCUT2D eigenvalue weighted by Gasteiger charge is -2.43. The largest absolute Gasteiger partial charge is 0.394 e.